The van der Waals surface area contributed by atoms with Gasteiger partial charge in [-0.3, -0.25) is 4.79 Å². The number of aromatic nitrogens is 2. The normalized spacial score (nSPS) is 10.0. The predicted octanol–water partition coefficient (Wildman–Crippen LogP) is 1.92. The summed E-state index contributed by atoms with van der Waals surface area (Å²) < 4.78 is 10.3. The lowest BCUT2D eigenvalue weighted by atomic mass is 10.0. The maximum absolute atomic E-state index is 12.3. The van der Waals surface area contributed by atoms with Gasteiger partial charge in [-0.15, -0.1) is 0 Å². The van der Waals surface area contributed by atoms with Crippen LogP contribution in [0.25, 0.3) is 0 Å². The van der Waals surface area contributed by atoms with Gasteiger partial charge in [0, 0.05) is 6.20 Å². The Labute approximate surface area is 111 Å². The summed E-state index contributed by atoms with van der Waals surface area (Å²) in [6.45, 7) is 0. The van der Waals surface area contributed by atoms with Crippen LogP contribution in [0.4, 0.5) is 0 Å². The van der Waals surface area contributed by atoms with Gasteiger partial charge in [0.05, 0.1) is 31.9 Å². The van der Waals surface area contributed by atoms with Gasteiger partial charge in [-0.2, -0.15) is 10.2 Å². The molecule has 2 aromatic rings. The molecule has 0 aliphatic carbocycles. The molecule has 5 heteroatoms. The second-order valence-electron chi connectivity index (χ2n) is 3.88. The molecule has 19 heavy (non-hydrogen) atoms. The van der Waals surface area contributed by atoms with E-state index >= 15 is 0 Å². The molecule has 0 amide bonds. The molecule has 1 aromatic heterocycles. The second-order valence-corrected chi connectivity index (χ2v) is 3.88. The van der Waals surface area contributed by atoms with Crippen molar-refractivity contribution in [2.24, 2.45) is 0 Å². The van der Waals surface area contributed by atoms with Gasteiger partial charge >= 0.3 is 0 Å². The second kappa shape index (κ2) is 5.95. The highest BCUT2D eigenvalue weighted by Gasteiger charge is 2.14. The summed E-state index contributed by atoms with van der Waals surface area (Å²) >= 11 is 0. The average Bonchev–Trinajstić information content (AvgIpc) is 2.47. The van der Waals surface area contributed by atoms with Crippen molar-refractivity contribution >= 4 is 5.78 Å². The van der Waals surface area contributed by atoms with E-state index in [4.69, 9.17) is 9.47 Å². The number of carbonyl (C=O) groups excluding carboxylic acids is 1. The SMILES string of the molecule is COc1ccc(OC)c(C(=O)Cc2cccnn2)c1. The summed E-state index contributed by atoms with van der Waals surface area (Å²) in [7, 11) is 3.08. The first-order valence-corrected chi connectivity index (χ1v) is 5.76. The van der Waals surface area contributed by atoms with E-state index in [9.17, 15) is 4.79 Å². The molecular weight excluding hydrogens is 244 g/mol. The first-order valence-electron chi connectivity index (χ1n) is 5.76. The molecule has 0 spiro atoms. The highest BCUT2D eigenvalue weighted by molar-refractivity contribution is 6.00. The van der Waals surface area contributed by atoms with Gasteiger partial charge in [-0.05, 0) is 30.3 Å². The third kappa shape index (κ3) is 3.07. The van der Waals surface area contributed by atoms with E-state index in [2.05, 4.69) is 10.2 Å². The zero-order valence-corrected chi connectivity index (χ0v) is 10.8. The van der Waals surface area contributed by atoms with E-state index in [1.807, 2.05) is 0 Å². The Balaban J connectivity index is 2.27. The Bertz CT molecular complexity index is 570. The summed E-state index contributed by atoms with van der Waals surface area (Å²) in [4.78, 5) is 12.3. The number of ketones is 1. The van der Waals surface area contributed by atoms with Crippen molar-refractivity contribution in [1.82, 2.24) is 10.2 Å². The zero-order valence-electron chi connectivity index (χ0n) is 10.8. The van der Waals surface area contributed by atoms with Crippen LogP contribution >= 0.6 is 0 Å². The fourth-order valence-electron chi connectivity index (χ4n) is 1.72. The molecule has 0 aliphatic rings. The number of benzene rings is 1. The van der Waals surface area contributed by atoms with E-state index in [0.29, 0.717) is 22.8 Å². The summed E-state index contributed by atoms with van der Waals surface area (Å²) in [6.07, 6.45) is 1.75. The number of rotatable bonds is 5. The van der Waals surface area contributed by atoms with Crippen LogP contribution in [0, 0.1) is 0 Å². The number of carbonyl (C=O) groups is 1. The molecule has 1 aromatic carbocycles. The Morgan fingerprint density at radius 3 is 2.68 bits per heavy atom. The van der Waals surface area contributed by atoms with E-state index in [-0.39, 0.29) is 12.2 Å². The Morgan fingerprint density at radius 2 is 2.05 bits per heavy atom. The van der Waals surface area contributed by atoms with Crippen molar-refractivity contribution in [3.05, 3.63) is 47.8 Å². The van der Waals surface area contributed by atoms with E-state index in [1.165, 1.54) is 7.11 Å². The molecular formula is C14H14N2O3. The number of nitrogens with zero attached hydrogens (tertiary/aromatic N) is 2. The van der Waals surface area contributed by atoms with Gasteiger partial charge in [0.15, 0.2) is 5.78 Å². The average molecular weight is 258 g/mol. The van der Waals surface area contributed by atoms with E-state index < -0.39 is 0 Å². The monoisotopic (exact) mass is 258 g/mol. The zero-order chi connectivity index (χ0) is 13.7. The van der Waals surface area contributed by atoms with Crippen molar-refractivity contribution in [3.8, 4) is 11.5 Å². The van der Waals surface area contributed by atoms with Crippen LogP contribution in [-0.2, 0) is 6.42 Å². The van der Waals surface area contributed by atoms with Gasteiger partial charge < -0.3 is 9.47 Å². The molecule has 0 saturated heterocycles. The minimum atomic E-state index is -0.0868. The third-order valence-corrected chi connectivity index (χ3v) is 2.68. The lowest BCUT2D eigenvalue weighted by Crippen LogP contribution is -2.07. The van der Waals surface area contributed by atoms with Crippen LogP contribution in [-0.4, -0.2) is 30.2 Å². The maximum Gasteiger partial charge on any atom is 0.172 e. The van der Waals surface area contributed by atoms with Crippen molar-refractivity contribution in [2.45, 2.75) is 6.42 Å². The van der Waals surface area contributed by atoms with Crippen molar-refractivity contribution in [3.63, 3.8) is 0 Å². The largest absolute Gasteiger partial charge is 0.497 e. The molecule has 0 fully saturated rings. The van der Waals surface area contributed by atoms with Crippen LogP contribution in [0.5, 0.6) is 11.5 Å². The third-order valence-electron chi connectivity index (χ3n) is 2.68. The summed E-state index contributed by atoms with van der Waals surface area (Å²) in [5, 5.41) is 7.65. The lowest BCUT2D eigenvalue weighted by molar-refractivity contribution is 0.0988. The molecule has 0 atom stereocenters. The molecule has 1 heterocycles. The van der Waals surface area contributed by atoms with E-state index in [1.54, 1.807) is 43.6 Å². The first-order chi connectivity index (χ1) is 9.24. The summed E-state index contributed by atoms with van der Waals surface area (Å²) in [6, 6.07) is 8.63. The van der Waals surface area contributed by atoms with Crippen LogP contribution in [0.15, 0.2) is 36.5 Å². The van der Waals surface area contributed by atoms with Crippen molar-refractivity contribution in [1.29, 1.82) is 0 Å². The number of ether oxygens (including phenoxy) is 2. The topological polar surface area (TPSA) is 61.3 Å². The minimum Gasteiger partial charge on any atom is -0.497 e. The number of Topliss-reactive ketones (excluding diaryl/α,β-unsaturated/α-hetero) is 1. The fourth-order valence-corrected chi connectivity index (χ4v) is 1.72. The van der Waals surface area contributed by atoms with Gasteiger partial charge in [0.25, 0.3) is 0 Å². The fraction of sp³-hybridized carbons (Fsp3) is 0.214. The molecule has 2 rings (SSSR count). The molecule has 0 radical (unpaired) electrons. The van der Waals surface area contributed by atoms with Crippen LogP contribution < -0.4 is 9.47 Å². The molecule has 98 valence electrons. The standard InChI is InChI=1S/C14H14N2O3/c1-18-11-5-6-14(19-2)12(9-11)13(17)8-10-4-3-7-15-16-10/h3-7,9H,8H2,1-2H3. The highest BCUT2D eigenvalue weighted by atomic mass is 16.5. The maximum atomic E-state index is 12.3. The first kappa shape index (κ1) is 13.0. The van der Waals surface area contributed by atoms with Crippen LogP contribution in [0.3, 0.4) is 0 Å². The van der Waals surface area contributed by atoms with Gasteiger partial charge in [0.2, 0.25) is 0 Å². The molecule has 5 nitrogen and oxygen atoms in total. The van der Waals surface area contributed by atoms with Crippen LogP contribution in [0.2, 0.25) is 0 Å². The predicted molar refractivity (Wildman–Crippen MR) is 69.6 cm³/mol. The van der Waals surface area contributed by atoms with Crippen molar-refractivity contribution in [2.75, 3.05) is 14.2 Å². The van der Waals surface area contributed by atoms with Gasteiger partial charge in [0.1, 0.15) is 11.5 Å². The molecule has 0 aliphatic heterocycles. The summed E-state index contributed by atoms with van der Waals surface area (Å²) in [5.41, 5.74) is 1.10. The van der Waals surface area contributed by atoms with E-state index in [0.717, 1.165) is 0 Å². The van der Waals surface area contributed by atoms with Crippen LogP contribution in [0.1, 0.15) is 16.1 Å². The van der Waals surface area contributed by atoms with Crippen molar-refractivity contribution < 1.29 is 14.3 Å². The minimum absolute atomic E-state index is 0.0868. The lowest BCUT2D eigenvalue weighted by Gasteiger charge is -2.09. The summed E-state index contributed by atoms with van der Waals surface area (Å²) in [5.74, 6) is 1.05. The van der Waals surface area contributed by atoms with Gasteiger partial charge in [-0.1, -0.05) is 0 Å². The Morgan fingerprint density at radius 1 is 1.21 bits per heavy atom. The quantitative estimate of drug-likeness (QED) is 0.767. The molecule has 0 bridgehead atoms. The molecule has 0 N–H and O–H groups in total. The Kier molecular flexibility index (Phi) is 4.07. The molecule has 0 unspecified atom stereocenters. The number of methoxy groups -OCH3 is 2. The number of hydrogen-bond acceptors (Lipinski definition) is 5. The van der Waals surface area contributed by atoms with Gasteiger partial charge in [-0.25, -0.2) is 0 Å². The smallest absolute Gasteiger partial charge is 0.172 e. The number of hydrogen-bond donors (Lipinski definition) is 0. The molecule has 0 saturated carbocycles. The highest BCUT2D eigenvalue weighted by Crippen LogP contribution is 2.25. The Hall–Kier alpha value is -2.43.